The fourth-order valence-corrected chi connectivity index (χ4v) is 1.94. The first-order valence-electron chi connectivity index (χ1n) is 5.91. The van der Waals surface area contributed by atoms with Gasteiger partial charge in [0.2, 0.25) is 5.91 Å². The van der Waals surface area contributed by atoms with E-state index >= 15 is 0 Å². The van der Waals surface area contributed by atoms with Crippen molar-refractivity contribution in [2.75, 3.05) is 5.32 Å². The number of rotatable bonds is 4. The second kappa shape index (κ2) is 6.21. The van der Waals surface area contributed by atoms with Gasteiger partial charge in [-0.2, -0.15) is 0 Å². The molecule has 0 heterocycles. The molecule has 0 aliphatic heterocycles. The number of benzene rings is 2. The van der Waals surface area contributed by atoms with E-state index < -0.39 is 5.97 Å². The maximum Gasteiger partial charge on any atom is 0.228 e. The number of hydrogen-bond acceptors (Lipinski definition) is 3. The van der Waals surface area contributed by atoms with Crippen LogP contribution < -0.4 is 10.4 Å². The molecule has 2 aromatic rings. The number of anilines is 1. The van der Waals surface area contributed by atoms with E-state index in [1.165, 1.54) is 18.2 Å². The van der Waals surface area contributed by atoms with Crippen LogP contribution in [0, 0.1) is 0 Å². The van der Waals surface area contributed by atoms with Gasteiger partial charge in [-0.25, -0.2) is 0 Å². The molecule has 0 aliphatic rings. The molecule has 4 nitrogen and oxygen atoms in total. The summed E-state index contributed by atoms with van der Waals surface area (Å²) in [6, 6.07) is 13.5. The van der Waals surface area contributed by atoms with Crippen molar-refractivity contribution in [1.82, 2.24) is 0 Å². The fourth-order valence-electron chi connectivity index (χ4n) is 1.75. The van der Waals surface area contributed by atoms with E-state index in [9.17, 15) is 14.7 Å². The minimum atomic E-state index is -1.38. The van der Waals surface area contributed by atoms with Gasteiger partial charge in [0, 0.05) is 16.3 Å². The molecular formula is C15H11ClNO3-. The van der Waals surface area contributed by atoms with Crippen LogP contribution in [0.3, 0.4) is 0 Å². The highest BCUT2D eigenvalue weighted by Crippen LogP contribution is 2.20. The molecular weight excluding hydrogens is 278 g/mol. The molecule has 1 N–H and O–H groups in total. The van der Waals surface area contributed by atoms with Gasteiger partial charge in [0.05, 0.1) is 12.4 Å². The first kappa shape index (κ1) is 14.1. The molecule has 20 heavy (non-hydrogen) atoms. The van der Waals surface area contributed by atoms with Crippen molar-refractivity contribution in [3.63, 3.8) is 0 Å². The van der Waals surface area contributed by atoms with E-state index in [4.69, 9.17) is 11.6 Å². The number of amides is 1. The van der Waals surface area contributed by atoms with E-state index in [-0.39, 0.29) is 22.9 Å². The van der Waals surface area contributed by atoms with Crippen molar-refractivity contribution in [2.24, 2.45) is 0 Å². The molecule has 0 saturated heterocycles. The highest BCUT2D eigenvalue weighted by Gasteiger charge is 2.07. The number of aromatic carboxylic acids is 1. The van der Waals surface area contributed by atoms with E-state index in [0.717, 1.165) is 5.56 Å². The molecule has 1 amide bonds. The Bertz CT molecular complexity index is 641. The maximum absolute atomic E-state index is 11.8. The van der Waals surface area contributed by atoms with Crippen LogP contribution in [0.25, 0.3) is 0 Å². The monoisotopic (exact) mass is 288 g/mol. The summed E-state index contributed by atoms with van der Waals surface area (Å²) < 4.78 is 0. The quantitative estimate of drug-likeness (QED) is 0.934. The topological polar surface area (TPSA) is 69.2 Å². The van der Waals surface area contributed by atoms with E-state index in [0.29, 0.717) is 5.69 Å². The van der Waals surface area contributed by atoms with Crippen LogP contribution >= 0.6 is 11.6 Å². The third-order valence-electron chi connectivity index (χ3n) is 2.68. The summed E-state index contributed by atoms with van der Waals surface area (Å²) in [5, 5.41) is 13.5. The zero-order chi connectivity index (χ0) is 14.5. The predicted molar refractivity (Wildman–Crippen MR) is 74.6 cm³/mol. The lowest BCUT2D eigenvalue weighted by molar-refractivity contribution is -0.255. The van der Waals surface area contributed by atoms with Gasteiger partial charge in [-0.1, -0.05) is 41.9 Å². The first-order chi connectivity index (χ1) is 9.56. The summed E-state index contributed by atoms with van der Waals surface area (Å²) in [6.45, 7) is 0. The van der Waals surface area contributed by atoms with Gasteiger partial charge in [0.25, 0.3) is 0 Å². The summed E-state index contributed by atoms with van der Waals surface area (Å²) in [5.41, 5.74) is 1.10. The lowest BCUT2D eigenvalue weighted by Crippen LogP contribution is -2.23. The largest absolute Gasteiger partial charge is 0.545 e. The van der Waals surface area contributed by atoms with Crippen molar-refractivity contribution in [3.8, 4) is 0 Å². The Labute approximate surface area is 121 Å². The molecule has 0 saturated carbocycles. The average molecular weight is 289 g/mol. The van der Waals surface area contributed by atoms with Crippen molar-refractivity contribution in [2.45, 2.75) is 6.42 Å². The average Bonchev–Trinajstić information content (AvgIpc) is 2.41. The van der Waals surface area contributed by atoms with Gasteiger partial charge < -0.3 is 15.2 Å². The van der Waals surface area contributed by atoms with Crippen molar-refractivity contribution >= 4 is 29.2 Å². The second-order valence-corrected chi connectivity index (χ2v) is 4.60. The molecule has 0 unspecified atom stereocenters. The van der Waals surface area contributed by atoms with E-state index in [2.05, 4.69) is 5.32 Å². The molecule has 0 aromatic heterocycles. The van der Waals surface area contributed by atoms with Crippen LogP contribution in [-0.2, 0) is 11.2 Å². The molecule has 5 heteroatoms. The van der Waals surface area contributed by atoms with Crippen molar-refractivity contribution in [3.05, 3.63) is 64.7 Å². The fraction of sp³-hybridized carbons (Fsp3) is 0.0667. The Balaban J connectivity index is 2.08. The number of carbonyl (C=O) groups is 2. The Morgan fingerprint density at radius 2 is 1.80 bits per heavy atom. The minimum absolute atomic E-state index is 0.0751. The van der Waals surface area contributed by atoms with E-state index in [1.807, 2.05) is 30.3 Å². The number of hydrogen-bond donors (Lipinski definition) is 1. The summed E-state index contributed by atoms with van der Waals surface area (Å²) in [5.74, 6) is -1.61. The minimum Gasteiger partial charge on any atom is -0.545 e. The number of nitrogens with one attached hydrogen (secondary N) is 1. The van der Waals surface area contributed by atoms with Crippen molar-refractivity contribution in [1.29, 1.82) is 0 Å². The summed E-state index contributed by atoms with van der Waals surface area (Å²) in [7, 11) is 0. The summed E-state index contributed by atoms with van der Waals surface area (Å²) in [4.78, 5) is 22.7. The molecule has 102 valence electrons. The Kier molecular flexibility index (Phi) is 4.38. The Hall–Kier alpha value is -2.33. The van der Waals surface area contributed by atoms with Crippen LogP contribution in [0.15, 0.2) is 48.5 Å². The number of carboxylic acid groups (broad SMARTS) is 1. The zero-order valence-corrected chi connectivity index (χ0v) is 11.2. The Morgan fingerprint density at radius 3 is 2.45 bits per heavy atom. The molecule has 2 rings (SSSR count). The Morgan fingerprint density at radius 1 is 1.10 bits per heavy atom. The van der Waals surface area contributed by atoms with Gasteiger partial charge in [-0.05, 0) is 23.8 Å². The predicted octanol–water partition coefficient (Wildman–Crippen LogP) is 1.88. The van der Waals surface area contributed by atoms with Gasteiger partial charge in [-0.3, -0.25) is 4.79 Å². The number of carbonyl (C=O) groups excluding carboxylic acids is 2. The van der Waals surface area contributed by atoms with Crippen LogP contribution in [0.5, 0.6) is 0 Å². The van der Waals surface area contributed by atoms with Gasteiger partial charge in [0.15, 0.2) is 0 Å². The molecule has 0 atom stereocenters. The van der Waals surface area contributed by atoms with E-state index in [1.54, 1.807) is 0 Å². The van der Waals surface area contributed by atoms with Gasteiger partial charge in [0.1, 0.15) is 0 Å². The normalized spacial score (nSPS) is 10.1. The SMILES string of the molecule is O=C(Cc1ccccc1)Nc1ccc(Cl)c(C(=O)[O-])c1. The highest BCUT2D eigenvalue weighted by molar-refractivity contribution is 6.33. The summed E-state index contributed by atoms with van der Waals surface area (Å²) in [6.07, 6.45) is 0.212. The van der Waals surface area contributed by atoms with Crippen LogP contribution in [-0.4, -0.2) is 11.9 Å². The standard InChI is InChI=1S/C15H12ClNO3/c16-13-7-6-11(9-12(13)15(19)20)17-14(18)8-10-4-2-1-3-5-10/h1-7,9H,8H2,(H,17,18)(H,19,20)/p-1. The lowest BCUT2D eigenvalue weighted by atomic mass is 10.1. The molecule has 2 aromatic carbocycles. The van der Waals surface area contributed by atoms with Crippen molar-refractivity contribution < 1.29 is 14.7 Å². The molecule has 0 spiro atoms. The number of carboxylic acids is 1. The lowest BCUT2D eigenvalue weighted by Gasteiger charge is -2.10. The van der Waals surface area contributed by atoms with Gasteiger partial charge >= 0.3 is 0 Å². The smallest absolute Gasteiger partial charge is 0.228 e. The molecule has 0 aliphatic carbocycles. The van der Waals surface area contributed by atoms with Gasteiger partial charge in [-0.15, -0.1) is 0 Å². The molecule has 0 radical (unpaired) electrons. The highest BCUT2D eigenvalue weighted by atomic mass is 35.5. The first-order valence-corrected chi connectivity index (χ1v) is 6.29. The molecule has 0 fully saturated rings. The van der Waals surface area contributed by atoms with Crippen LogP contribution in [0.2, 0.25) is 5.02 Å². The second-order valence-electron chi connectivity index (χ2n) is 4.19. The zero-order valence-electron chi connectivity index (χ0n) is 10.4. The number of halogens is 1. The van der Waals surface area contributed by atoms with Crippen LogP contribution in [0.1, 0.15) is 15.9 Å². The third kappa shape index (κ3) is 3.59. The maximum atomic E-state index is 11.8. The van der Waals surface area contributed by atoms with Crippen LogP contribution in [0.4, 0.5) is 5.69 Å². The summed E-state index contributed by atoms with van der Waals surface area (Å²) >= 11 is 5.72. The third-order valence-corrected chi connectivity index (χ3v) is 3.01. The molecule has 0 bridgehead atoms.